The van der Waals surface area contributed by atoms with E-state index in [1.54, 1.807) is 6.07 Å². The zero-order valence-corrected chi connectivity index (χ0v) is 10.2. The van der Waals surface area contributed by atoms with E-state index in [2.05, 4.69) is 25.9 Å². The summed E-state index contributed by atoms with van der Waals surface area (Å²) in [7, 11) is 0. The van der Waals surface area contributed by atoms with Crippen LogP contribution in [0.4, 0.5) is 4.39 Å². The van der Waals surface area contributed by atoms with E-state index in [4.69, 9.17) is 11.6 Å². The van der Waals surface area contributed by atoms with Gasteiger partial charge in [0, 0.05) is 17.9 Å². The number of fused-ring (bicyclic) bond motifs is 1. The van der Waals surface area contributed by atoms with Crippen LogP contribution >= 0.6 is 27.5 Å². The molecule has 0 amide bonds. The molecule has 2 nitrogen and oxygen atoms in total. The summed E-state index contributed by atoms with van der Waals surface area (Å²) in [4.78, 5) is 8.30. The van der Waals surface area contributed by atoms with Crippen LogP contribution in [0.15, 0.2) is 16.6 Å². The van der Waals surface area contributed by atoms with Gasteiger partial charge in [0.05, 0.1) is 9.99 Å². The molecule has 1 aromatic heterocycles. The Morgan fingerprint density at radius 2 is 2.13 bits per heavy atom. The van der Waals surface area contributed by atoms with Gasteiger partial charge in [-0.2, -0.15) is 0 Å². The zero-order chi connectivity index (χ0) is 11.0. The fourth-order valence-electron chi connectivity index (χ4n) is 1.29. The lowest BCUT2D eigenvalue weighted by molar-refractivity contribution is 0.622. The maximum absolute atomic E-state index is 13.3. The predicted octanol–water partition coefficient (Wildman–Crippen LogP) is 3.75. The molecule has 0 unspecified atom stereocenters. The number of hydrogen-bond donors (Lipinski definition) is 0. The number of benzene rings is 1. The first-order valence-corrected chi connectivity index (χ1v) is 5.60. The van der Waals surface area contributed by atoms with Gasteiger partial charge in [0.15, 0.2) is 0 Å². The third kappa shape index (κ3) is 1.96. The Hall–Kier alpha value is -0.740. The normalized spacial score (nSPS) is 10.9. The van der Waals surface area contributed by atoms with Crippen molar-refractivity contribution >= 4 is 38.4 Å². The third-order valence-electron chi connectivity index (χ3n) is 2.05. The standard InChI is InChI=1S/C10H7BrClFN2/c1-2-9-14-8-4-7(13)6(11)3-5(8)10(12)15-9/h3-4H,2H2,1H3. The Balaban J connectivity index is 2.80. The van der Waals surface area contributed by atoms with Crippen LogP contribution in [-0.2, 0) is 6.42 Å². The molecule has 0 aliphatic carbocycles. The summed E-state index contributed by atoms with van der Waals surface area (Å²) >= 11 is 9.07. The molecule has 2 aromatic rings. The Morgan fingerprint density at radius 3 is 2.80 bits per heavy atom. The summed E-state index contributed by atoms with van der Waals surface area (Å²) in [5, 5.41) is 1.01. The minimum Gasteiger partial charge on any atom is -0.233 e. The smallest absolute Gasteiger partial charge is 0.140 e. The van der Waals surface area contributed by atoms with Crippen molar-refractivity contribution in [3.63, 3.8) is 0 Å². The van der Waals surface area contributed by atoms with Gasteiger partial charge < -0.3 is 0 Å². The van der Waals surface area contributed by atoms with Gasteiger partial charge in [-0.1, -0.05) is 18.5 Å². The second kappa shape index (κ2) is 4.02. The molecule has 1 heterocycles. The van der Waals surface area contributed by atoms with Gasteiger partial charge in [-0.15, -0.1) is 0 Å². The van der Waals surface area contributed by atoms with Crippen molar-refractivity contribution in [2.24, 2.45) is 0 Å². The Bertz CT molecular complexity index is 530. The van der Waals surface area contributed by atoms with E-state index in [9.17, 15) is 4.39 Å². The molecule has 0 N–H and O–H groups in total. The van der Waals surface area contributed by atoms with Crippen molar-refractivity contribution in [1.29, 1.82) is 0 Å². The van der Waals surface area contributed by atoms with E-state index >= 15 is 0 Å². The summed E-state index contributed by atoms with van der Waals surface area (Å²) in [5.74, 6) is 0.272. The SMILES string of the molecule is CCc1nc(Cl)c2cc(Br)c(F)cc2n1. The number of nitrogens with zero attached hydrogens (tertiary/aromatic N) is 2. The van der Waals surface area contributed by atoms with Gasteiger partial charge in [-0.05, 0) is 22.0 Å². The highest BCUT2D eigenvalue weighted by atomic mass is 79.9. The summed E-state index contributed by atoms with van der Waals surface area (Å²) in [6.45, 7) is 1.92. The lowest BCUT2D eigenvalue weighted by Crippen LogP contribution is -1.95. The van der Waals surface area contributed by atoms with Crippen molar-refractivity contribution in [2.75, 3.05) is 0 Å². The number of aryl methyl sites for hydroxylation is 1. The summed E-state index contributed by atoms with van der Waals surface area (Å²) in [6, 6.07) is 2.94. The number of aromatic nitrogens is 2. The minimum atomic E-state index is -0.348. The highest BCUT2D eigenvalue weighted by Gasteiger charge is 2.08. The van der Waals surface area contributed by atoms with E-state index in [1.165, 1.54) is 6.07 Å². The molecule has 78 valence electrons. The van der Waals surface area contributed by atoms with E-state index in [1.807, 2.05) is 6.92 Å². The topological polar surface area (TPSA) is 25.8 Å². The van der Waals surface area contributed by atoms with E-state index < -0.39 is 0 Å². The second-order valence-electron chi connectivity index (χ2n) is 3.07. The zero-order valence-electron chi connectivity index (χ0n) is 7.89. The first-order chi connectivity index (χ1) is 7.11. The van der Waals surface area contributed by atoms with Crippen LogP contribution in [-0.4, -0.2) is 9.97 Å². The molecule has 0 fully saturated rings. The molecule has 15 heavy (non-hydrogen) atoms. The van der Waals surface area contributed by atoms with Crippen molar-refractivity contribution in [1.82, 2.24) is 9.97 Å². The molecule has 0 atom stereocenters. The Kier molecular flexibility index (Phi) is 2.89. The molecule has 0 radical (unpaired) electrons. The minimum absolute atomic E-state index is 0.348. The third-order valence-corrected chi connectivity index (χ3v) is 2.95. The molecule has 0 saturated carbocycles. The van der Waals surface area contributed by atoms with Gasteiger partial charge in [0.2, 0.25) is 0 Å². The fourth-order valence-corrected chi connectivity index (χ4v) is 1.88. The lowest BCUT2D eigenvalue weighted by Gasteiger charge is -2.03. The molecule has 0 saturated heterocycles. The van der Waals surface area contributed by atoms with Gasteiger partial charge in [-0.25, -0.2) is 14.4 Å². The van der Waals surface area contributed by atoms with Crippen LogP contribution in [0.2, 0.25) is 5.15 Å². The van der Waals surface area contributed by atoms with E-state index in [-0.39, 0.29) is 5.82 Å². The van der Waals surface area contributed by atoms with Crippen LogP contribution in [0.5, 0.6) is 0 Å². The van der Waals surface area contributed by atoms with Crippen LogP contribution in [0.25, 0.3) is 10.9 Å². The lowest BCUT2D eigenvalue weighted by atomic mass is 10.2. The van der Waals surface area contributed by atoms with Crippen LogP contribution in [0, 0.1) is 5.82 Å². The van der Waals surface area contributed by atoms with Crippen molar-refractivity contribution < 1.29 is 4.39 Å². The Morgan fingerprint density at radius 1 is 1.40 bits per heavy atom. The summed E-state index contributed by atoms with van der Waals surface area (Å²) in [5.41, 5.74) is 0.535. The van der Waals surface area contributed by atoms with Gasteiger partial charge in [0.25, 0.3) is 0 Å². The van der Waals surface area contributed by atoms with Crippen LogP contribution < -0.4 is 0 Å². The second-order valence-corrected chi connectivity index (χ2v) is 4.28. The maximum Gasteiger partial charge on any atom is 0.140 e. The van der Waals surface area contributed by atoms with Crippen LogP contribution in [0.3, 0.4) is 0 Å². The van der Waals surface area contributed by atoms with Crippen LogP contribution in [0.1, 0.15) is 12.7 Å². The molecule has 2 rings (SSSR count). The molecular weight excluding hydrogens is 282 g/mol. The highest BCUT2D eigenvalue weighted by Crippen LogP contribution is 2.26. The summed E-state index contributed by atoms with van der Waals surface area (Å²) in [6.07, 6.45) is 0.674. The molecule has 1 aromatic carbocycles. The summed E-state index contributed by atoms with van der Waals surface area (Å²) < 4.78 is 13.6. The quantitative estimate of drug-likeness (QED) is 0.747. The number of halogens is 3. The van der Waals surface area contributed by atoms with Crippen molar-refractivity contribution in [3.8, 4) is 0 Å². The first-order valence-electron chi connectivity index (χ1n) is 4.43. The molecular formula is C10H7BrClFN2. The van der Waals surface area contributed by atoms with E-state index in [0.717, 1.165) is 0 Å². The van der Waals surface area contributed by atoms with E-state index in [0.29, 0.717) is 32.8 Å². The highest BCUT2D eigenvalue weighted by molar-refractivity contribution is 9.10. The number of hydrogen-bond acceptors (Lipinski definition) is 2. The average Bonchev–Trinajstić information content (AvgIpc) is 2.21. The van der Waals surface area contributed by atoms with Crippen molar-refractivity contribution in [3.05, 3.63) is 33.4 Å². The first kappa shape index (κ1) is 10.8. The maximum atomic E-state index is 13.3. The largest absolute Gasteiger partial charge is 0.233 e. The molecule has 0 bridgehead atoms. The van der Waals surface area contributed by atoms with Gasteiger partial charge >= 0.3 is 0 Å². The molecule has 0 spiro atoms. The van der Waals surface area contributed by atoms with Gasteiger partial charge in [-0.3, -0.25) is 0 Å². The molecule has 0 aliphatic rings. The predicted molar refractivity (Wildman–Crippen MR) is 61.6 cm³/mol. The van der Waals surface area contributed by atoms with Crippen molar-refractivity contribution in [2.45, 2.75) is 13.3 Å². The van der Waals surface area contributed by atoms with Gasteiger partial charge in [0.1, 0.15) is 16.8 Å². The molecule has 5 heteroatoms. The monoisotopic (exact) mass is 288 g/mol. The number of rotatable bonds is 1. The fraction of sp³-hybridized carbons (Fsp3) is 0.200. The molecule has 0 aliphatic heterocycles. The average molecular weight is 290 g/mol. The Labute approximate surface area is 99.6 Å².